The van der Waals surface area contributed by atoms with Crippen LogP contribution in [0.25, 0.3) is 10.8 Å². The number of nitrogens with zero attached hydrogens (tertiary/aromatic N) is 1. The maximum absolute atomic E-state index is 5.86. The third-order valence-corrected chi connectivity index (χ3v) is 3.15. The molecule has 0 saturated heterocycles. The number of rotatable bonds is 3. The van der Waals surface area contributed by atoms with Crippen molar-refractivity contribution in [3.63, 3.8) is 0 Å². The molecule has 0 unspecified atom stereocenters. The predicted octanol–water partition coefficient (Wildman–Crippen LogP) is 3.66. The second-order valence-electron chi connectivity index (χ2n) is 4.30. The summed E-state index contributed by atoms with van der Waals surface area (Å²) in [6.45, 7) is 0. The summed E-state index contributed by atoms with van der Waals surface area (Å²) in [7, 11) is 0. The molecule has 0 spiro atoms. The number of fused-ring (bicyclic) bond motifs is 1. The molecule has 0 saturated carbocycles. The van der Waals surface area contributed by atoms with Crippen LogP contribution in [0.5, 0.6) is 11.6 Å². The van der Waals surface area contributed by atoms with E-state index in [1.165, 1.54) is 0 Å². The first-order chi connectivity index (χ1) is 9.74. The van der Waals surface area contributed by atoms with Crippen molar-refractivity contribution in [2.45, 2.75) is 0 Å². The Labute approximate surface area is 122 Å². The molecule has 0 aliphatic carbocycles. The van der Waals surface area contributed by atoms with Crippen molar-refractivity contribution in [1.82, 2.24) is 4.98 Å². The van der Waals surface area contributed by atoms with E-state index in [1.807, 2.05) is 48.5 Å². The van der Waals surface area contributed by atoms with Gasteiger partial charge in [0.05, 0.1) is 0 Å². The summed E-state index contributed by atoms with van der Waals surface area (Å²) >= 11 is 4.92. The lowest BCUT2D eigenvalue weighted by atomic mass is 10.1. The second-order valence-corrected chi connectivity index (χ2v) is 4.74. The first-order valence-electron chi connectivity index (χ1n) is 6.16. The van der Waals surface area contributed by atoms with Crippen molar-refractivity contribution < 1.29 is 4.74 Å². The van der Waals surface area contributed by atoms with Crippen LogP contribution in [0.15, 0.2) is 60.7 Å². The maximum atomic E-state index is 5.86. The van der Waals surface area contributed by atoms with Crippen molar-refractivity contribution in [3.8, 4) is 11.6 Å². The van der Waals surface area contributed by atoms with Crippen LogP contribution < -0.4 is 10.5 Å². The summed E-state index contributed by atoms with van der Waals surface area (Å²) in [4.78, 5) is 4.54. The van der Waals surface area contributed by atoms with E-state index in [1.54, 1.807) is 12.1 Å². The first-order valence-corrected chi connectivity index (χ1v) is 6.57. The van der Waals surface area contributed by atoms with Crippen molar-refractivity contribution in [2.24, 2.45) is 5.73 Å². The number of pyridine rings is 1. The minimum atomic E-state index is 0.258. The van der Waals surface area contributed by atoms with Crippen molar-refractivity contribution in [3.05, 3.63) is 66.4 Å². The molecule has 0 atom stereocenters. The number of hydrogen-bond donors (Lipinski definition) is 1. The standard InChI is InChI=1S/C16H12N2OS/c17-16(20)13-8-4-10-15(18-13)19-14-9-3-6-11-5-1-2-7-12(11)14/h1-10H,(H2,17,20). The molecule has 3 aromatic rings. The monoisotopic (exact) mass is 280 g/mol. The lowest BCUT2D eigenvalue weighted by molar-refractivity contribution is 0.468. The highest BCUT2D eigenvalue weighted by atomic mass is 32.1. The number of hydrogen-bond acceptors (Lipinski definition) is 3. The summed E-state index contributed by atoms with van der Waals surface area (Å²) in [6.07, 6.45) is 0. The summed E-state index contributed by atoms with van der Waals surface area (Å²) in [5, 5.41) is 2.16. The molecule has 20 heavy (non-hydrogen) atoms. The van der Waals surface area contributed by atoms with Crippen LogP contribution in [0.3, 0.4) is 0 Å². The van der Waals surface area contributed by atoms with Crippen LogP contribution in [0, 0.1) is 0 Å². The van der Waals surface area contributed by atoms with Gasteiger partial charge in [-0.05, 0) is 17.5 Å². The van der Waals surface area contributed by atoms with Crippen LogP contribution >= 0.6 is 12.2 Å². The zero-order valence-electron chi connectivity index (χ0n) is 10.6. The Hall–Kier alpha value is -2.46. The van der Waals surface area contributed by atoms with E-state index in [-0.39, 0.29) is 4.99 Å². The van der Waals surface area contributed by atoms with Gasteiger partial charge in [0.1, 0.15) is 16.4 Å². The quantitative estimate of drug-likeness (QED) is 0.744. The molecular formula is C16H12N2OS. The lowest BCUT2D eigenvalue weighted by Crippen LogP contribution is -2.11. The maximum Gasteiger partial charge on any atom is 0.219 e. The van der Waals surface area contributed by atoms with Gasteiger partial charge in [-0.2, -0.15) is 0 Å². The zero-order chi connectivity index (χ0) is 13.9. The van der Waals surface area contributed by atoms with Crippen LogP contribution in [0.1, 0.15) is 5.69 Å². The molecule has 3 rings (SSSR count). The fraction of sp³-hybridized carbons (Fsp3) is 0. The van der Waals surface area contributed by atoms with Gasteiger partial charge in [0, 0.05) is 11.5 Å². The average Bonchev–Trinajstić information content (AvgIpc) is 2.48. The molecular weight excluding hydrogens is 268 g/mol. The lowest BCUT2D eigenvalue weighted by Gasteiger charge is -2.08. The SMILES string of the molecule is NC(=S)c1cccc(Oc2cccc3ccccc23)n1. The molecule has 2 aromatic carbocycles. The normalized spacial score (nSPS) is 10.4. The molecule has 0 bridgehead atoms. The molecule has 4 heteroatoms. The van der Waals surface area contributed by atoms with Crippen LogP contribution in [0.4, 0.5) is 0 Å². The van der Waals surface area contributed by atoms with Crippen molar-refractivity contribution in [2.75, 3.05) is 0 Å². The number of ether oxygens (including phenoxy) is 1. The summed E-state index contributed by atoms with van der Waals surface area (Å²) in [5.41, 5.74) is 6.13. The van der Waals surface area contributed by atoms with E-state index in [4.69, 9.17) is 22.7 Å². The zero-order valence-corrected chi connectivity index (χ0v) is 11.4. The van der Waals surface area contributed by atoms with E-state index in [0.29, 0.717) is 11.6 Å². The van der Waals surface area contributed by atoms with Crippen LogP contribution in [0.2, 0.25) is 0 Å². The fourth-order valence-corrected chi connectivity index (χ4v) is 2.12. The summed E-state index contributed by atoms with van der Waals surface area (Å²) in [6, 6.07) is 19.3. The molecule has 1 heterocycles. The minimum absolute atomic E-state index is 0.258. The highest BCUT2D eigenvalue weighted by Gasteiger charge is 2.05. The third kappa shape index (κ3) is 2.46. The Kier molecular flexibility index (Phi) is 3.31. The largest absolute Gasteiger partial charge is 0.438 e. The topological polar surface area (TPSA) is 48.1 Å². The molecule has 0 amide bonds. The molecule has 0 radical (unpaired) electrons. The van der Waals surface area contributed by atoms with Gasteiger partial charge in [-0.15, -0.1) is 0 Å². The Morgan fingerprint density at radius 3 is 2.55 bits per heavy atom. The van der Waals surface area contributed by atoms with Gasteiger partial charge >= 0.3 is 0 Å². The van der Waals surface area contributed by atoms with Crippen LogP contribution in [-0.2, 0) is 0 Å². The Balaban J connectivity index is 2.01. The fourth-order valence-electron chi connectivity index (χ4n) is 2.01. The number of aromatic nitrogens is 1. The molecule has 0 fully saturated rings. The molecule has 1 aromatic heterocycles. The van der Waals surface area contributed by atoms with E-state index in [0.717, 1.165) is 16.5 Å². The van der Waals surface area contributed by atoms with Gasteiger partial charge in [0.25, 0.3) is 0 Å². The summed E-state index contributed by atoms with van der Waals surface area (Å²) in [5.74, 6) is 1.24. The predicted molar refractivity (Wildman–Crippen MR) is 84.1 cm³/mol. The summed E-state index contributed by atoms with van der Waals surface area (Å²) < 4.78 is 5.86. The van der Waals surface area contributed by atoms with E-state index in [2.05, 4.69) is 4.98 Å². The average molecular weight is 280 g/mol. The Morgan fingerprint density at radius 1 is 0.950 bits per heavy atom. The van der Waals surface area contributed by atoms with E-state index < -0.39 is 0 Å². The highest BCUT2D eigenvalue weighted by Crippen LogP contribution is 2.28. The van der Waals surface area contributed by atoms with Gasteiger partial charge in [-0.1, -0.05) is 54.7 Å². The molecule has 98 valence electrons. The van der Waals surface area contributed by atoms with Crippen molar-refractivity contribution in [1.29, 1.82) is 0 Å². The number of benzene rings is 2. The highest BCUT2D eigenvalue weighted by molar-refractivity contribution is 7.80. The number of thiocarbonyl (C=S) groups is 1. The third-order valence-electron chi connectivity index (χ3n) is 2.94. The Morgan fingerprint density at radius 2 is 1.70 bits per heavy atom. The minimum Gasteiger partial charge on any atom is -0.438 e. The van der Waals surface area contributed by atoms with Gasteiger partial charge in [-0.25, -0.2) is 4.98 Å². The van der Waals surface area contributed by atoms with Crippen LogP contribution in [-0.4, -0.2) is 9.97 Å². The van der Waals surface area contributed by atoms with Gasteiger partial charge in [0.2, 0.25) is 5.88 Å². The second kappa shape index (κ2) is 5.27. The van der Waals surface area contributed by atoms with Gasteiger partial charge in [-0.3, -0.25) is 0 Å². The molecule has 3 nitrogen and oxygen atoms in total. The number of nitrogens with two attached hydrogens (primary N) is 1. The first kappa shape index (κ1) is 12.6. The van der Waals surface area contributed by atoms with E-state index in [9.17, 15) is 0 Å². The molecule has 0 aliphatic heterocycles. The molecule has 2 N–H and O–H groups in total. The van der Waals surface area contributed by atoms with Crippen molar-refractivity contribution >= 4 is 28.0 Å². The van der Waals surface area contributed by atoms with Gasteiger partial charge in [0.15, 0.2) is 0 Å². The smallest absolute Gasteiger partial charge is 0.219 e. The van der Waals surface area contributed by atoms with E-state index >= 15 is 0 Å². The van der Waals surface area contributed by atoms with Gasteiger partial charge < -0.3 is 10.5 Å². The Bertz CT molecular complexity index is 781. The molecule has 0 aliphatic rings.